The molecule has 0 aromatic heterocycles. The Hall–Kier alpha value is -1.58. The van der Waals surface area contributed by atoms with Gasteiger partial charge in [-0.3, -0.25) is 10.1 Å². The van der Waals surface area contributed by atoms with Crippen molar-refractivity contribution in [3.63, 3.8) is 0 Å². The van der Waals surface area contributed by atoms with Gasteiger partial charge in [0.05, 0.1) is 12.0 Å². The Morgan fingerprint density at radius 2 is 2.24 bits per heavy atom. The maximum absolute atomic E-state index is 10.9. The van der Waals surface area contributed by atoms with Crippen LogP contribution in [0.25, 0.3) is 0 Å². The molecule has 2 rings (SSSR count). The van der Waals surface area contributed by atoms with Crippen molar-refractivity contribution in [1.29, 1.82) is 0 Å². The van der Waals surface area contributed by atoms with Crippen LogP contribution in [0.15, 0.2) is 12.1 Å². The molecule has 0 fully saturated rings. The van der Waals surface area contributed by atoms with Crippen LogP contribution in [-0.4, -0.2) is 12.0 Å². The second-order valence-electron chi connectivity index (χ2n) is 4.71. The number of fused-ring (bicyclic) bond motifs is 1. The van der Waals surface area contributed by atoms with E-state index in [-0.39, 0.29) is 10.6 Å². The highest BCUT2D eigenvalue weighted by Crippen LogP contribution is 2.37. The summed E-state index contributed by atoms with van der Waals surface area (Å²) in [7, 11) is 1.51. The summed E-state index contributed by atoms with van der Waals surface area (Å²) in [6.07, 6.45) is 4.12. The number of nitro groups is 1. The van der Waals surface area contributed by atoms with Gasteiger partial charge in [0.15, 0.2) is 5.75 Å². The molecule has 0 aliphatic heterocycles. The van der Waals surface area contributed by atoms with Crippen molar-refractivity contribution in [2.75, 3.05) is 7.11 Å². The molecule has 92 valence electrons. The number of benzene rings is 1. The summed E-state index contributed by atoms with van der Waals surface area (Å²) in [4.78, 5) is 10.6. The summed E-state index contributed by atoms with van der Waals surface area (Å²) < 4.78 is 5.25. The molecule has 0 unspecified atom stereocenters. The zero-order chi connectivity index (χ0) is 12.4. The van der Waals surface area contributed by atoms with Gasteiger partial charge in [-0.15, -0.1) is 0 Å². The van der Waals surface area contributed by atoms with Crippen LogP contribution in [0.3, 0.4) is 0 Å². The van der Waals surface area contributed by atoms with Crippen molar-refractivity contribution in [3.05, 3.63) is 33.4 Å². The molecular formula is C13H17NO3. The van der Waals surface area contributed by atoms with Crippen LogP contribution in [0, 0.1) is 16.0 Å². The highest BCUT2D eigenvalue weighted by atomic mass is 16.6. The number of nitrogens with zero attached hydrogens (tertiary/aromatic N) is 1. The molecule has 0 amide bonds. The van der Waals surface area contributed by atoms with Crippen molar-refractivity contribution in [1.82, 2.24) is 0 Å². The fourth-order valence-corrected chi connectivity index (χ4v) is 2.60. The zero-order valence-corrected chi connectivity index (χ0v) is 10.2. The predicted molar refractivity (Wildman–Crippen MR) is 65.5 cm³/mol. The smallest absolute Gasteiger partial charge is 0.311 e. The number of hydrogen-bond donors (Lipinski definition) is 0. The van der Waals surface area contributed by atoms with Crippen LogP contribution in [0.4, 0.5) is 5.69 Å². The van der Waals surface area contributed by atoms with Crippen LogP contribution >= 0.6 is 0 Å². The second kappa shape index (κ2) is 4.73. The Bertz CT molecular complexity index is 443. The quantitative estimate of drug-likeness (QED) is 0.449. The predicted octanol–water partition coefficient (Wildman–Crippen LogP) is 3.12. The van der Waals surface area contributed by atoms with Crippen molar-refractivity contribution >= 4 is 5.69 Å². The Morgan fingerprint density at radius 1 is 1.47 bits per heavy atom. The molecule has 1 aliphatic rings. The molecule has 0 spiro atoms. The van der Waals surface area contributed by atoms with Gasteiger partial charge in [0.1, 0.15) is 0 Å². The van der Waals surface area contributed by atoms with E-state index in [1.165, 1.54) is 19.1 Å². The number of methoxy groups -OCH3 is 1. The third-order valence-electron chi connectivity index (χ3n) is 3.43. The molecule has 17 heavy (non-hydrogen) atoms. The second-order valence-corrected chi connectivity index (χ2v) is 4.71. The van der Waals surface area contributed by atoms with E-state index in [2.05, 4.69) is 6.92 Å². The average molecular weight is 235 g/mol. The maximum Gasteiger partial charge on any atom is 0.311 e. The van der Waals surface area contributed by atoms with Gasteiger partial charge in [-0.1, -0.05) is 19.4 Å². The van der Waals surface area contributed by atoms with E-state index in [1.807, 2.05) is 6.07 Å². The molecule has 0 saturated carbocycles. The highest BCUT2D eigenvalue weighted by molar-refractivity contribution is 5.55. The van der Waals surface area contributed by atoms with E-state index < -0.39 is 0 Å². The van der Waals surface area contributed by atoms with Crippen LogP contribution < -0.4 is 4.74 Å². The monoisotopic (exact) mass is 235 g/mol. The van der Waals surface area contributed by atoms with E-state index in [9.17, 15) is 10.1 Å². The van der Waals surface area contributed by atoms with E-state index in [1.54, 1.807) is 6.07 Å². The van der Waals surface area contributed by atoms with E-state index in [4.69, 9.17) is 4.74 Å². The first-order chi connectivity index (χ1) is 8.13. The number of hydrogen-bond acceptors (Lipinski definition) is 3. The van der Waals surface area contributed by atoms with Gasteiger partial charge in [-0.05, 0) is 30.7 Å². The minimum atomic E-state index is -0.368. The first kappa shape index (κ1) is 11.9. The Morgan fingerprint density at radius 3 is 2.88 bits per heavy atom. The molecule has 1 aromatic carbocycles. The third kappa shape index (κ3) is 2.25. The fraction of sp³-hybridized carbons (Fsp3) is 0.538. The zero-order valence-electron chi connectivity index (χ0n) is 10.2. The van der Waals surface area contributed by atoms with E-state index >= 15 is 0 Å². The molecule has 1 atom stereocenters. The number of nitro benzene ring substituents is 1. The Balaban J connectivity index is 2.52. The van der Waals surface area contributed by atoms with E-state index in [0.29, 0.717) is 11.7 Å². The summed E-state index contributed by atoms with van der Waals surface area (Å²) in [6.45, 7) is 2.23. The molecule has 1 aliphatic carbocycles. The lowest BCUT2D eigenvalue weighted by Gasteiger charge is -2.12. The van der Waals surface area contributed by atoms with Crippen LogP contribution in [-0.2, 0) is 12.8 Å². The van der Waals surface area contributed by atoms with Gasteiger partial charge < -0.3 is 4.74 Å². The van der Waals surface area contributed by atoms with Crippen molar-refractivity contribution in [2.45, 2.75) is 32.6 Å². The minimum Gasteiger partial charge on any atom is -0.490 e. The van der Waals surface area contributed by atoms with Gasteiger partial charge >= 0.3 is 5.69 Å². The molecule has 0 N–H and O–H groups in total. The normalized spacial score (nSPS) is 19.3. The van der Waals surface area contributed by atoms with Crippen LogP contribution in [0.2, 0.25) is 0 Å². The van der Waals surface area contributed by atoms with Gasteiger partial charge in [0.25, 0.3) is 0 Å². The van der Waals surface area contributed by atoms with Gasteiger partial charge in [-0.2, -0.15) is 0 Å². The maximum atomic E-state index is 10.9. The molecular weight excluding hydrogens is 218 g/mol. The van der Waals surface area contributed by atoms with Crippen molar-refractivity contribution < 1.29 is 9.66 Å². The Labute approximate surface area is 101 Å². The first-order valence-corrected chi connectivity index (χ1v) is 5.96. The summed E-state index contributed by atoms with van der Waals surface area (Å²) in [5.74, 6) is 1.10. The standard InChI is InChI=1S/C13H17NO3/c1-9-4-3-5-11-10(8-9)6-7-12(14(15)16)13(11)17-2/h6-7,9H,3-5,8H2,1-2H3/t9-/m0/s1. The molecule has 1 aromatic rings. The average Bonchev–Trinajstić information content (AvgIpc) is 2.47. The molecule has 0 radical (unpaired) electrons. The Kier molecular flexibility index (Phi) is 3.31. The SMILES string of the molecule is COc1c([N+](=O)[O-])ccc2c1CCC[C@H](C)C2. The highest BCUT2D eigenvalue weighted by Gasteiger charge is 2.24. The topological polar surface area (TPSA) is 52.4 Å². The van der Waals surface area contributed by atoms with Gasteiger partial charge in [0.2, 0.25) is 0 Å². The first-order valence-electron chi connectivity index (χ1n) is 5.96. The van der Waals surface area contributed by atoms with E-state index in [0.717, 1.165) is 24.8 Å². The molecule has 0 heterocycles. The van der Waals surface area contributed by atoms with Crippen molar-refractivity contribution in [3.8, 4) is 5.75 Å². The fourth-order valence-electron chi connectivity index (χ4n) is 2.60. The largest absolute Gasteiger partial charge is 0.490 e. The number of rotatable bonds is 2. The lowest BCUT2D eigenvalue weighted by Crippen LogP contribution is -2.02. The molecule has 4 heteroatoms. The summed E-state index contributed by atoms with van der Waals surface area (Å²) >= 11 is 0. The van der Waals surface area contributed by atoms with Crippen molar-refractivity contribution in [2.24, 2.45) is 5.92 Å². The summed E-state index contributed by atoms with van der Waals surface area (Å²) in [5.41, 5.74) is 2.32. The molecule has 4 nitrogen and oxygen atoms in total. The van der Waals surface area contributed by atoms with Gasteiger partial charge in [-0.25, -0.2) is 0 Å². The summed E-state index contributed by atoms with van der Waals surface area (Å²) in [5, 5.41) is 10.9. The minimum absolute atomic E-state index is 0.0841. The third-order valence-corrected chi connectivity index (χ3v) is 3.43. The lowest BCUT2D eigenvalue weighted by molar-refractivity contribution is -0.385. The van der Waals surface area contributed by atoms with Crippen LogP contribution in [0.5, 0.6) is 5.75 Å². The summed E-state index contributed by atoms with van der Waals surface area (Å²) in [6, 6.07) is 3.45. The van der Waals surface area contributed by atoms with Crippen LogP contribution in [0.1, 0.15) is 30.9 Å². The lowest BCUT2D eigenvalue weighted by atomic mass is 9.97. The van der Waals surface area contributed by atoms with Gasteiger partial charge in [0, 0.05) is 11.6 Å². The number of ether oxygens (including phenoxy) is 1. The molecule has 0 bridgehead atoms. The molecule has 0 saturated heterocycles.